The van der Waals surface area contributed by atoms with E-state index in [0.717, 1.165) is 18.0 Å². The first-order chi connectivity index (χ1) is 9.11. The second kappa shape index (κ2) is 6.22. The number of halogens is 1. The molecule has 1 aromatic carbocycles. The second-order valence-corrected chi connectivity index (χ2v) is 5.41. The zero-order chi connectivity index (χ0) is 13.8. The molecule has 4 heteroatoms. The Labute approximate surface area is 119 Å². The van der Waals surface area contributed by atoms with Crippen molar-refractivity contribution in [3.63, 3.8) is 0 Å². The van der Waals surface area contributed by atoms with Crippen LogP contribution in [-0.2, 0) is 4.79 Å². The highest BCUT2D eigenvalue weighted by Crippen LogP contribution is 2.36. The quantitative estimate of drug-likeness (QED) is 0.859. The number of benzene rings is 1. The second-order valence-electron chi connectivity index (χ2n) is 4.98. The number of amides is 1. The van der Waals surface area contributed by atoms with Crippen molar-refractivity contribution >= 4 is 17.5 Å². The van der Waals surface area contributed by atoms with Crippen LogP contribution >= 0.6 is 11.6 Å². The fraction of sp³-hybridized carbons (Fsp3) is 0.400. The Balaban J connectivity index is 2.11. The molecule has 1 fully saturated rings. The van der Waals surface area contributed by atoms with E-state index in [1.807, 2.05) is 18.2 Å². The van der Waals surface area contributed by atoms with Gasteiger partial charge in [-0.25, -0.2) is 0 Å². The zero-order valence-corrected chi connectivity index (χ0v) is 11.9. The molecule has 2 unspecified atom stereocenters. The average molecular weight is 279 g/mol. The Morgan fingerprint density at radius 1 is 1.63 bits per heavy atom. The van der Waals surface area contributed by atoms with Gasteiger partial charge in [-0.15, -0.1) is 0 Å². The molecule has 3 nitrogen and oxygen atoms in total. The molecule has 2 rings (SSSR count). The summed E-state index contributed by atoms with van der Waals surface area (Å²) in [6, 6.07) is 8.28. The lowest BCUT2D eigenvalue weighted by atomic mass is 9.93. The van der Waals surface area contributed by atoms with Crippen LogP contribution in [0.1, 0.15) is 18.0 Å². The molecule has 1 aliphatic heterocycles. The monoisotopic (exact) mass is 278 g/mol. The normalized spacial score (nSPS) is 23.3. The summed E-state index contributed by atoms with van der Waals surface area (Å²) in [7, 11) is 2.11. The van der Waals surface area contributed by atoms with Gasteiger partial charge in [-0.05, 0) is 49.7 Å². The minimum absolute atomic E-state index is 0.112. The van der Waals surface area contributed by atoms with Crippen LogP contribution in [0.15, 0.2) is 36.9 Å². The lowest BCUT2D eigenvalue weighted by molar-refractivity contribution is -0.116. The van der Waals surface area contributed by atoms with Crippen molar-refractivity contribution < 1.29 is 4.79 Å². The van der Waals surface area contributed by atoms with Gasteiger partial charge < -0.3 is 5.32 Å². The molecule has 1 amide bonds. The van der Waals surface area contributed by atoms with Gasteiger partial charge in [-0.3, -0.25) is 9.69 Å². The van der Waals surface area contributed by atoms with Crippen LogP contribution in [0.4, 0.5) is 0 Å². The largest absolute Gasteiger partial charge is 0.352 e. The molecule has 19 heavy (non-hydrogen) atoms. The van der Waals surface area contributed by atoms with E-state index >= 15 is 0 Å². The van der Waals surface area contributed by atoms with Crippen molar-refractivity contribution in [2.75, 3.05) is 20.1 Å². The van der Waals surface area contributed by atoms with Crippen LogP contribution in [0, 0.1) is 5.92 Å². The zero-order valence-electron chi connectivity index (χ0n) is 11.1. The topological polar surface area (TPSA) is 32.3 Å². The number of hydrogen-bond acceptors (Lipinski definition) is 2. The minimum Gasteiger partial charge on any atom is -0.352 e. The molecular formula is C15H19ClN2O. The summed E-state index contributed by atoms with van der Waals surface area (Å²) in [5.74, 6) is 0.298. The van der Waals surface area contributed by atoms with E-state index in [1.165, 1.54) is 11.6 Å². The van der Waals surface area contributed by atoms with E-state index in [4.69, 9.17) is 11.6 Å². The first-order valence-electron chi connectivity index (χ1n) is 6.48. The first-order valence-corrected chi connectivity index (χ1v) is 6.85. The average Bonchev–Trinajstić information content (AvgIpc) is 2.77. The van der Waals surface area contributed by atoms with Crippen LogP contribution in [0.25, 0.3) is 0 Å². The Bertz CT molecular complexity index is 475. The van der Waals surface area contributed by atoms with Crippen LogP contribution in [0.2, 0.25) is 5.02 Å². The van der Waals surface area contributed by atoms with Crippen molar-refractivity contribution in [3.05, 3.63) is 47.5 Å². The molecule has 1 heterocycles. The SMILES string of the molecule is C=CC(=O)NCC1CCN(C)C1c1cccc(Cl)c1. The molecule has 1 N–H and O–H groups in total. The van der Waals surface area contributed by atoms with E-state index in [-0.39, 0.29) is 5.91 Å². The fourth-order valence-electron chi connectivity index (χ4n) is 2.76. The molecule has 0 saturated carbocycles. The lowest BCUT2D eigenvalue weighted by Crippen LogP contribution is -2.31. The van der Waals surface area contributed by atoms with Crippen LogP contribution < -0.4 is 5.32 Å². The maximum atomic E-state index is 11.3. The molecule has 0 aliphatic carbocycles. The third-order valence-electron chi connectivity index (χ3n) is 3.69. The Morgan fingerprint density at radius 2 is 2.42 bits per heavy atom. The summed E-state index contributed by atoms with van der Waals surface area (Å²) >= 11 is 6.07. The van der Waals surface area contributed by atoms with E-state index in [2.05, 4.69) is 29.9 Å². The maximum absolute atomic E-state index is 11.3. The third-order valence-corrected chi connectivity index (χ3v) is 3.92. The smallest absolute Gasteiger partial charge is 0.243 e. The summed E-state index contributed by atoms with van der Waals surface area (Å²) in [6.07, 6.45) is 2.39. The first kappa shape index (κ1) is 14.1. The van der Waals surface area contributed by atoms with Crippen molar-refractivity contribution in [3.8, 4) is 0 Å². The number of rotatable bonds is 4. The summed E-state index contributed by atoms with van der Waals surface area (Å²) in [5.41, 5.74) is 1.21. The maximum Gasteiger partial charge on any atom is 0.243 e. The van der Waals surface area contributed by atoms with Gasteiger partial charge in [-0.2, -0.15) is 0 Å². The predicted molar refractivity (Wildman–Crippen MR) is 78.1 cm³/mol. The molecule has 1 aromatic rings. The summed E-state index contributed by atoms with van der Waals surface area (Å²) in [5, 5.41) is 3.65. The number of nitrogens with zero attached hydrogens (tertiary/aromatic N) is 1. The molecule has 102 valence electrons. The predicted octanol–water partition coefficient (Wildman–Crippen LogP) is 2.64. The van der Waals surface area contributed by atoms with Crippen LogP contribution in [0.3, 0.4) is 0 Å². The molecule has 0 radical (unpaired) electrons. The van der Waals surface area contributed by atoms with Crippen molar-refractivity contribution in [2.45, 2.75) is 12.5 Å². The van der Waals surface area contributed by atoms with Crippen LogP contribution in [0.5, 0.6) is 0 Å². The summed E-state index contributed by atoms with van der Waals surface area (Å²) in [6.45, 7) is 5.18. The molecule has 2 atom stereocenters. The van der Waals surface area contributed by atoms with Gasteiger partial charge in [-0.1, -0.05) is 30.3 Å². The van der Waals surface area contributed by atoms with E-state index < -0.39 is 0 Å². The molecule has 0 aromatic heterocycles. The van der Waals surface area contributed by atoms with Gasteiger partial charge in [0.05, 0.1) is 0 Å². The highest BCUT2D eigenvalue weighted by Gasteiger charge is 2.32. The van der Waals surface area contributed by atoms with Gasteiger partial charge in [0.25, 0.3) is 0 Å². The van der Waals surface area contributed by atoms with Gasteiger partial charge >= 0.3 is 0 Å². The van der Waals surface area contributed by atoms with Gasteiger partial charge in [0.15, 0.2) is 0 Å². The highest BCUT2D eigenvalue weighted by molar-refractivity contribution is 6.30. The van der Waals surface area contributed by atoms with Crippen LogP contribution in [-0.4, -0.2) is 30.9 Å². The highest BCUT2D eigenvalue weighted by atomic mass is 35.5. The number of hydrogen-bond donors (Lipinski definition) is 1. The lowest BCUT2D eigenvalue weighted by Gasteiger charge is -2.25. The molecule has 0 spiro atoms. The van der Waals surface area contributed by atoms with Crippen molar-refractivity contribution in [2.24, 2.45) is 5.92 Å². The fourth-order valence-corrected chi connectivity index (χ4v) is 2.96. The summed E-state index contributed by atoms with van der Waals surface area (Å²) in [4.78, 5) is 13.6. The molecule has 1 saturated heterocycles. The van der Waals surface area contributed by atoms with E-state index in [1.54, 1.807) is 0 Å². The van der Waals surface area contributed by atoms with E-state index in [0.29, 0.717) is 18.5 Å². The van der Waals surface area contributed by atoms with Crippen molar-refractivity contribution in [1.82, 2.24) is 10.2 Å². The number of carbonyl (C=O) groups excluding carboxylic acids is 1. The Morgan fingerprint density at radius 3 is 3.11 bits per heavy atom. The van der Waals surface area contributed by atoms with Gasteiger partial charge in [0, 0.05) is 17.6 Å². The van der Waals surface area contributed by atoms with Gasteiger partial charge in [0.1, 0.15) is 0 Å². The standard InChI is InChI=1S/C15H19ClN2O/c1-3-14(19)17-10-12-7-8-18(2)15(12)11-5-4-6-13(16)9-11/h3-6,9,12,15H,1,7-8,10H2,2H3,(H,17,19). The third kappa shape index (κ3) is 3.37. The number of likely N-dealkylation sites (tertiary alicyclic amines) is 1. The molecule has 0 bridgehead atoms. The van der Waals surface area contributed by atoms with E-state index in [9.17, 15) is 4.79 Å². The number of nitrogens with one attached hydrogen (secondary N) is 1. The Kier molecular flexibility index (Phi) is 4.61. The molecular weight excluding hydrogens is 260 g/mol. The molecule has 1 aliphatic rings. The van der Waals surface area contributed by atoms with Crippen molar-refractivity contribution in [1.29, 1.82) is 0 Å². The van der Waals surface area contributed by atoms with Gasteiger partial charge in [0.2, 0.25) is 5.91 Å². The Hall–Kier alpha value is -1.32. The summed E-state index contributed by atoms with van der Waals surface area (Å²) < 4.78 is 0. The number of carbonyl (C=O) groups is 1. The minimum atomic E-state index is -0.112.